The highest BCUT2D eigenvalue weighted by atomic mass is 19.4. The second kappa shape index (κ2) is 8.53. The van der Waals surface area contributed by atoms with E-state index in [0.717, 1.165) is 32.1 Å². The molecule has 6 nitrogen and oxygen atoms in total. The maximum Gasteiger partial charge on any atom is 0.422 e. The Hall–Kier alpha value is -1.80. The molecule has 25 heavy (non-hydrogen) atoms. The number of likely N-dealkylation sites (tertiary alicyclic amines) is 1. The Kier molecular flexibility index (Phi) is 6.66. The molecule has 0 spiro atoms. The van der Waals surface area contributed by atoms with Crippen LogP contribution < -0.4 is 5.32 Å². The van der Waals surface area contributed by atoms with E-state index in [4.69, 9.17) is 0 Å². The third-order valence-corrected chi connectivity index (χ3v) is 4.66. The summed E-state index contributed by atoms with van der Waals surface area (Å²) in [6.45, 7) is -1.19. The topological polar surface area (TPSA) is 75.7 Å². The van der Waals surface area contributed by atoms with E-state index in [9.17, 15) is 27.6 Å². The number of halogens is 3. The lowest BCUT2D eigenvalue weighted by molar-refractivity contribution is -0.160. The fraction of sp³-hybridized carbons (Fsp3) is 0.812. The van der Waals surface area contributed by atoms with Gasteiger partial charge in [0.1, 0.15) is 5.78 Å². The highest BCUT2D eigenvalue weighted by molar-refractivity contribution is 5.84. The van der Waals surface area contributed by atoms with Crippen molar-refractivity contribution in [3.63, 3.8) is 0 Å². The predicted molar refractivity (Wildman–Crippen MR) is 81.7 cm³/mol. The van der Waals surface area contributed by atoms with Gasteiger partial charge >= 0.3 is 12.3 Å². The van der Waals surface area contributed by atoms with Gasteiger partial charge in [0.25, 0.3) is 0 Å². The Bertz CT molecular complexity index is 510. The highest BCUT2D eigenvalue weighted by Gasteiger charge is 2.38. The minimum Gasteiger partial charge on any atom is -0.440 e. The van der Waals surface area contributed by atoms with Crippen molar-refractivity contribution in [3.05, 3.63) is 0 Å². The molecule has 1 saturated heterocycles. The number of ether oxygens (including phenoxy) is 1. The lowest BCUT2D eigenvalue weighted by Gasteiger charge is -2.33. The monoisotopic (exact) mass is 364 g/mol. The number of amides is 2. The summed E-state index contributed by atoms with van der Waals surface area (Å²) in [5.41, 5.74) is 0. The van der Waals surface area contributed by atoms with Crippen LogP contribution in [0.15, 0.2) is 0 Å². The molecule has 1 aliphatic carbocycles. The number of carbonyl (C=O) groups excluding carboxylic acids is 3. The summed E-state index contributed by atoms with van der Waals surface area (Å²) in [5.74, 6) is -0.0910. The Morgan fingerprint density at radius 1 is 1.20 bits per heavy atom. The molecule has 0 bridgehead atoms. The molecule has 0 unspecified atom stereocenters. The first-order valence-corrected chi connectivity index (χ1v) is 8.57. The normalized spacial score (nSPS) is 24.3. The van der Waals surface area contributed by atoms with Gasteiger partial charge in [-0.05, 0) is 25.7 Å². The van der Waals surface area contributed by atoms with Gasteiger partial charge in [-0.1, -0.05) is 6.42 Å². The van der Waals surface area contributed by atoms with E-state index in [1.165, 1.54) is 0 Å². The van der Waals surface area contributed by atoms with Crippen LogP contribution >= 0.6 is 0 Å². The van der Waals surface area contributed by atoms with E-state index in [0.29, 0.717) is 13.0 Å². The molecule has 2 fully saturated rings. The van der Waals surface area contributed by atoms with E-state index in [1.54, 1.807) is 4.90 Å². The quantitative estimate of drug-likeness (QED) is 0.813. The summed E-state index contributed by atoms with van der Waals surface area (Å²) in [6, 6.07) is -0.0857. The molecule has 0 aromatic heterocycles. The van der Waals surface area contributed by atoms with Gasteiger partial charge in [-0.15, -0.1) is 0 Å². The van der Waals surface area contributed by atoms with E-state index in [1.807, 2.05) is 0 Å². The third kappa shape index (κ3) is 5.89. The molecule has 2 amide bonds. The standard InChI is InChI=1S/C16H23F3N2O4/c17-16(18,19)10-25-15(24)20-8-7-14(23)21-9-3-5-12(21)11-4-1-2-6-13(11)22/h11-12H,1-10H2,(H,20,24)/t11-,12-/m0/s1. The van der Waals surface area contributed by atoms with Gasteiger partial charge in [-0.25, -0.2) is 4.79 Å². The van der Waals surface area contributed by atoms with Gasteiger partial charge in [-0.3, -0.25) is 9.59 Å². The van der Waals surface area contributed by atoms with Gasteiger partial charge < -0.3 is 15.0 Å². The Balaban J connectivity index is 1.76. The third-order valence-electron chi connectivity index (χ3n) is 4.66. The number of ketones is 1. The highest BCUT2D eigenvalue weighted by Crippen LogP contribution is 2.32. The molecule has 1 N–H and O–H groups in total. The maximum atomic E-state index is 12.3. The molecule has 2 atom stereocenters. The first-order valence-electron chi connectivity index (χ1n) is 8.57. The molecule has 142 valence electrons. The average Bonchev–Trinajstić information content (AvgIpc) is 3.02. The number of alkyl carbamates (subject to hydrolysis) is 1. The number of Topliss-reactive ketones (excluding diaryl/α,β-unsaturated/α-hetero) is 1. The Labute approximate surface area is 144 Å². The molecule has 2 rings (SSSR count). The summed E-state index contributed by atoms with van der Waals surface area (Å²) in [5, 5.41) is 2.14. The second-order valence-corrected chi connectivity index (χ2v) is 6.48. The van der Waals surface area contributed by atoms with E-state index in [2.05, 4.69) is 10.1 Å². The van der Waals surface area contributed by atoms with Crippen molar-refractivity contribution in [2.24, 2.45) is 5.92 Å². The molecule has 0 aromatic carbocycles. The van der Waals surface area contributed by atoms with Crippen molar-refractivity contribution in [3.8, 4) is 0 Å². The molecule has 2 aliphatic rings. The van der Waals surface area contributed by atoms with Crippen LogP contribution in [0, 0.1) is 5.92 Å². The number of rotatable bonds is 5. The van der Waals surface area contributed by atoms with Crippen LogP contribution in [0.5, 0.6) is 0 Å². The minimum atomic E-state index is -4.58. The summed E-state index contributed by atoms with van der Waals surface area (Å²) in [4.78, 5) is 37.3. The fourth-order valence-corrected chi connectivity index (χ4v) is 3.55. The number of carbonyl (C=O) groups is 3. The summed E-state index contributed by atoms with van der Waals surface area (Å²) >= 11 is 0. The predicted octanol–water partition coefficient (Wildman–Crippen LogP) is 2.42. The van der Waals surface area contributed by atoms with Crippen molar-refractivity contribution >= 4 is 17.8 Å². The molecular formula is C16H23F3N2O4. The van der Waals surface area contributed by atoms with Crippen LogP contribution in [-0.2, 0) is 14.3 Å². The fourth-order valence-electron chi connectivity index (χ4n) is 3.55. The number of alkyl halides is 3. The molecule has 0 aromatic rings. The van der Waals surface area contributed by atoms with Gasteiger partial charge in [-0.2, -0.15) is 13.2 Å². The van der Waals surface area contributed by atoms with E-state index in [-0.39, 0.29) is 36.6 Å². The first-order chi connectivity index (χ1) is 11.8. The van der Waals surface area contributed by atoms with Gasteiger partial charge in [0.05, 0.1) is 0 Å². The average molecular weight is 364 g/mol. The smallest absolute Gasteiger partial charge is 0.422 e. The number of nitrogens with one attached hydrogen (secondary N) is 1. The molecule has 1 saturated carbocycles. The largest absolute Gasteiger partial charge is 0.440 e. The SMILES string of the molecule is O=C(NCCC(=O)N1CCC[C@H]1[C@@H]1CCCCC1=O)OCC(F)(F)F. The van der Waals surface area contributed by atoms with Crippen LogP contribution in [0.4, 0.5) is 18.0 Å². The van der Waals surface area contributed by atoms with Gasteiger partial charge in [0.15, 0.2) is 6.61 Å². The summed E-state index contributed by atoms with van der Waals surface area (Å²) < 4.78 is 39.8. The van der Waals surface area contributed by atoms with E-state index >= 15 is 0 Å². The number of hydrogen-bond acceptors (Lipinski definition) is 4. The van der Waals surface area contributed by atoms with Crippen LogP contribution in [0.2, 0.25) is 0 Å². The van der Waals surface area contributed by atoms with Crippen LogP contribution in [0.1, 0.15) is 44.9 Å². The summed E-state index contributed by atoms with van der Waals surface area (Å²) in [6.07, 6.45) is -0.927. The molecular weight excluding hydrogens is 341 g/mol. The molecule has 1 heterocycles. The molecule has 1 aliphatic heterocycles. The lowest BCUT2D eigenvalue weighted by Crippen LogP contribution is -2.44. The molecule has 9 heteroatoms. The zero-order chi connectivity index (χ0) is 18.4. The number of nitrogens with zero attached hydrogens (tertiary/aromatic N) is 1. The van der Waals surface area contributed by atoms with Crippen molar-refractivity contribution in [2.75, 3.05) is 19.7 Å². The first kappa shape index (κ1) is 19.5. The van der Waals surface area contributed by atoms with Gasteiger partial charge in [0.2, 0.25) is 5.91 Å². The van der Waals surface area contributed by atoms with Gasteiger partial charge in [0, 0.05) is 37.9 Å². The number of hydrogen-bond donors (Lipinski definition) is 1. The Morgan fingerprint density at radius 2 is 1.96 bits per heavy atom. The second-order valence-electron chi connectivity index (χ2n) is 6.48. The zero-order valence-electron chi connectivity index (χ0n) is 13.9. The Morgan fingerprint density at radius 3 is 2.64 bits per heavy atom. The van der Waals surface area contributed by atoms with Crippen LogP contribution in [-0.4, -0.2) is 54.6 Å². The van der Waals surface area contributed by atoms with Crippen molar-refractivity contribution < 1.29 is 32.3 Å². The maximum absolute atomic E-state index is 12.3. The van der Waals surface area contributed by atoms with E-state index < -0.39 is 18.9 Å². The van der Waals surface area contributed by atoms with Crippen LogP contribution in [0.25, 0.3) is 0 Å². The lowest BCUT2D eigenvalue weighted by atomic mass is 9.82. The van der Waals surface area contributed by atoms with Crippen molar-refractivity contribution in [1.82, 2.24) is 10.2 Å². The van der Waals surface area contributed by atoms with Crippen molar-refractivity contribution in [1.29, 1.82) is 0 Å². The zero-order valence-corrected chi connectivity index (χ0v) is 13.9. The summed E-state index contributed by atoms with van der Waals surface area (Å²) in [7, 11) is 0. The van der Waals surface area contributed by atoms with Crippen molar-refractivity contribution in [2.45, 2.75) is 57.2 Å². The minimum absolute atomic E-state index is 0.0292. The van der Waals surface area contributed by atoms with Crippen LogP contribution in [0.3, 0.4) is 0 Å². The molecule has 0 radical (unpaired) electrons.